The van der Waals surface area contributed by atoms with Gasteiger partial charge in [0.25, 0.3) is 5.91 Å². The Bertz CT molecular complexity index is 652. The second kappa shape index (κ2) is 5.62. The van der Waals surface area contributed by atoms with Crippen LogP contribution >= 0.6 is 38.5 Å². The van der Waals surface area contributed by atoms with Crippen molar-refractivity contribution in [1.82, 2.24) is 9.78 Å². The highest BCUT2D eigenvalue weighted by Crippen LogP contribution is 2.25. The van der Waals surface area contributed by atoms with Gasteiger partial charge < -0.3 is 5.32 Å². The lowest BCUT2D eigenvalue weighted by atomic mass is 10.2. The van der Waals surface area contributed by atoms with Crippen LogP contribution in [0.4, 0.5) is 5.69 Å². The standard InChI is InChI=1S/C13H13BrIN3O/c1-7-12(8(2)18(3)17-7)13(19)16-11-6-9(15)4-5-10(11)14/h4-6H,1-3H3,(H,16,19). The van der Waals surface area contributed by atoms with Crippen molar-refractivity contribution in [1.29, 1.82) is 0 Å². The Labute approximate surface area is 133 Å². The Morgan fingerprint density at radius 1 is 1.42 bits per heavy atom. The van der Waals surface area contributed by atoms with E-state index in [1.54, 1.807) is 4.68 Å². The van der Waals surface area contributed by atoms with Crippen LogP contribution in [-0.4, -0.2) is 15.7 Å². The molecule has 0 fully saturated rings. The van der Waals surface area contributed by atoms with E-state index < -0.39 is 0 Å². The van der Waals surface area contributed by atoms with Crippen molar-refractivity contribution in [3.63, 3.8) is 0 Å². The monoisotopic (exact) mass is 433 g/mol. The molecule has 0 bridgehead atoms. The van der Waals surface area contributed by atoms with Gasteiger partial charge >= 0.3 is 0 Å². The SMILES string of the molecule is Cc1nn(C)c(C)c1C(=O)Nc1cc(I)ccc1Br. The fraction of sp³-hybridized carbons (Fsp3) is 0.231. The van der Waals surface area contributed by atoms with Crippen LogP contribution in [0.3, 0.4) is 0 Å². The molecule has 0 saturated heterocycles. The highest BCUT2D eigenvalue weighted by atomic mass is 127. The summed E-state index contributed by atoms with van der Waals surface area (Å²) in [5.41, 5.74) is 2.99. The number of hydrogen-bond donors (Lipinski definition) is 1. The third-order valence-electron chi connectivity index (χ3n) is 2.91. The molecule has 1 heterocycles. The van der Waals surface area contributed by atoms with Crippen LogP contribution in [0.1, 0.15) is 21.7 Å². The van der Waals surface area contributed by atoms with E-state index in [0.717, 1.165) is 25.1 Å². The van der Waals surface area contributed by atoms with E-state index in [0.29, 0.717) is 5.56 Å². The van der Waals surface area contributed by atoms with Gasteiger partial charge in [-0.1, -0.05) is 0 Å². The van der Waals surface area contributed by atoms with Gasteiger partial charge in [0.2, 0.25) is 0 Å². The maximum atomic E-state index is 12.3. The first-order valence-corrected chi connectivity index (χ1v) is 7.54. The van der Waals surface area contributed by atoms with Crippen LogP contribution in [0.25, 0.3) is 0 Å². The van der Waals surface area contributed by atoms with Crippen molar-refractivity contribution in [2.45, 2.75) is 13.8 Å². The summed E-state index contributed by atoms with van der Waals surface area (Å²) >= 11 is 5.65. The van der Waals surface area contributed by atoms with Gasteiger partial charge in [0.05, 0.1) is 16.9 Å². The van der Waals surface area contributed by atoms with Crippen molar-refractivity contribution in [2.75, 3.05) is 5.32 Å². The van der Waals surface area contributed by atoms with E-state index in [2.05, 4.69) is 48.9 Å². The summed E-state index contributed by atoms with van der Waals surface area (Å²) in [4.78, 5) is 12.3. The minimum atomic E-state index is -0.134. The van der Waals surface area contributed by atoms with Gasteiger partial charge in [0.1, 0.15) is 0 Å². The Balaban J connectivity index is 2.33. The Kier molecular flexibility index (Phi) is 4.29. The second-order valence-corrected chi connectivity index (χ2v) is 6.35. The Hall–Kier alpha value is -0.890. The third kappa shape index (κ3) is 3.00. The van der Waals surface area contributed by atoms with Gasteiger partial charge in [-0.25, -0.2) is 0 Å². The van der Waals surface area contributed by atoms with Crippen LogP contribution in [0.5, 0.6) is 0 Å². The number of amides is 1. The molecule has 1 amide bonds. The number of aromatic nitrogens is 2. The zero-order valence-electron chi connectivity index (χ0n) is 10.8. The highest BCUT2D eigenvalue weighted by molar-refractivity contribution is 14.1. The van der Waals surface area contributed by atoms with E-state index in [1.807, 2.05) is 39.1 Å². The van der Waals surface area contributed by atoms with Crippen LogP contribution in [0, 0.1) is 17.4 Å². The average molecular weight is 434 g/mol. The molecule has 0 radical (unpaired) electrons. The van der Waals surface area contributed by atoms with Crippen LogP contribution < -0.4 is 5.32 Å². The molecule has 6 heteroatoms. The normalized spacial score (nSPS) is 10.6. The molecule has 0 aliphatic rings. The second-order valence-electron chi connectivity index (χ2n) is 4.25. The summed E-state index contributed by atoms with van der Waals surface area (Å²) in [5.74, 6) is -0.134. The van der Waals surface area contributed by atoms with Gasteiger partial charge in [0.15, 0.2) is 0 Å². The number of nitrogens with zero attached hydrogens (tertiary/aromatic N) is 2. The minimum Gasteiger partial charge on any atom is -0.321 e. The summed E-state index contributed by atoms with van der Waals surface area (Å²) < 4.78 is 3.64. The molecular formula is C13H13BrIN3O. The Morgan fingerprint density at radius 3 is 2.68 bits per heavy atom. The highest BCUT2D eigenvalue weighted by Gasteiger charge is 2.18. The van der Waals surface area contributed by atoms with Gasteiger partial charge in [-0.05, 0) is 70.6 Å². The third-order valence-corrected chi connectivity index (χ3v) is 4.28. The number of aryl methyl sites for hydroxylation is 2. The molecule has 1 aromatic carbocycles. The van der Waals surface area contributed by atoms with Crippen LogP contribution in [-0.2, 0) is 7.05 Å². The molecule has 1 aromatic heterocycles. The summed E-state index contributed by atoms with van der Waals surface area (Å²) in [7, 11) is 1.83. The van der Waals surface area contributed by atoms with Gasteiger partial charge in [0, 0.05) is 20.8 Å². The van der Waals surface area contributed by atoms with E-state index in [1.165, 1.54) is 0 Å². The number of carbonyl (C=O) groups is 1. The molecule has 0 aliphatic carbocycles. The number of anilines is 1. The molecule has 2 aromatic rings. The van der Waals surface area contributed by atoms with Crippen LogP contribution in [0.15, 0.2) is 22.7 Å². The van der Waals surface area contributed by atoms with Gasteiger partial charge in [-0.2, -0.15) is 5.10 Å². The number of hydrogen-bond acceptors (Lipinski definition) is 2. The molecule has 19 heavy (non-hydrogen) atoms. The molecule has 0 unspecified atom stereocenters. The molecule has 0 atom stereocenters. The molecule has 2 rings (SSSR count). The molecule has 0 spiro atoms. The summed E-state index contributed by atoms with van der Waals surface area (Å²) in [6.07, 6.45) is 0. The number of nitrogens with one attached hydrogen (secondary N) is 1. The number of benzene rings is 1. The first kappa shape index (κ1) is 14.5. The van der Waals surface area contributed by atoms with Crippen molar-refractivity contribution in [2.24, 2.45) is 7.05 Å². The predicted molar refractivity (Wildman–Crippen MR) is 87.5 cm³/mol. The lowest BCUT2D eigenvalue weighted by Gasteiger charge is -2.08. The van der Waals surface area contributed by atoms with E-state index in [4.69, 9.17) is 0 Å². The smallest absolute Gasteiger partial charge is 0.259 e. The van der Waals surface area contributed by atoms with E-state index in [9.17, 15) is 4.79 Å². The van der Waals surface area contributed by atoms with Gasteiger partial charge in [-0.3, -0.25) is 9.48 Å². The summed E-state index contributed by atoms with van der Waals surface area (Å²) in [6, 6.07) is 5.81. The topological polar surface area (TPSA) is 46.9 Å². The zero-order valence-corrected chi connectivity index (χ0v) is 14.5. The quantitative estimate of drug-likeness (QED) is 0.734. The predicted octanol–water partition coefficient (Wildman–Crippen LogP) is 3.66. The van der Waals surface area contributed by atoms with Crippen LogP contribution in [0.2, 0.25) is 0 Å². The maximum Gasteiger partial charge on any atom is 0.259 e. The van der Waals surface area contributed by atoms with Crippen molar-refractivity contribution in [3.05, 3.63) is 43.2 Å². The fourth-order valence-corrected chi connectivity index (χ4v) is 2.72. The first-order chi connectivity index (χ1) is 8.90. The number of rotatable bonds is 2. The molecule has 0 saturated carbocycles. The lowest BCUT2D eigenvalue weighted by molar-refractivity contribution is 0.102. The maximum absolute atomic E-state index is 12.3. The average Bonchev–Trinajstić information content (AvgIpc) is 2.58. The molecule has 4 nitrogen and oxygen atoms in total. The summed E-state index contributed by atoms with van der Waals surface area (Å²) in [6.45, 7) is 3.73. The number of halogens is 2. The van der Waals surface area contributed by atoms with Crippen molar-refractivity contribution < 1.29 is 4.79 Å². The van der Waals surface area contributed by atoms with Gasteiger partial charge in [-0.15, -0.1) is 0 Å². The zero-order chi connectivity index (χ0) is 14.2. The molecule has 0 aliphatic heterocycles. The van der Waals surface area contributed by atoms with E-state index in [-0.39, 0.29) is 5.91 Å². The Morgan fingerprint density at radius 2 is 2.11 bits per heavy atom. The van der Waals surface area contributed by atoms with Crippen molar-refractivity contribution >= 4 is 50.1 Å². The largest absolute Gasteiger partial charge is 0.321 e. The lowest BCUT2D eigenvalue weighted by Crippen LogP contribution is -2.14. The summed E-state index contributed by atoms with van der Waals surface area (Å²) in [5, 5.41) is 7.17. The fourth-order valence-electron chi connectivity index (χ4n) is 1.88. The molecular weight excluding hydrogens is 421 g/mol. The van der Waals surface area contributed by atoms with Crippen molar-refractivity contribution in [3.8, 4) is 0 Å². The molecule has 1 N–H and O–H groups in total. The minimum absolute atomic E-state index is 0.134. The molecule has 100 valence electrons. The van der Waals surface area contributed by atoms with E-state index >= 15 is 0 Å². The first-order valence-electron chi connectivity index (χ1n) is 5.66. The number of carbonyl (C=O) groups excluding carboxylic acids is 1.